The number of aromatic hydroxyl groups is 1. The molecule has 0 unspecified atom stereocenters. The summed E-state index contributed by atoms with van der Waals surface area (Å²) in [4.78, 5) is 20.0. The summed E-state index contributed by atoms with van der Waals surface area (Å²) >= 11 is 0. The van der Waals surface area contributed by atoms with Crippen molar-refractivity contribution in [2.45, 2.75) is 67.7 Å². The number of carbonyl (C=O) groups excluding carboxylic acids is 1. The van der Waals surface area contributed by atoms with Gasteiger partial charge in [0, 0.05) is 29.2 Å². The summed E-state index contributed by atoms with van der Waals surface area (Å²) in [6.07, 6.45) is 4.82. The molecule has 42 heavy (non-hydrogen) atoms. The molecule has 3 fully saturated rings. The van der Waals surface area contributed by atoms with E-state index >= 15 is 0 Å². The van der Waals surface area contributed by atoms with Gasteiger partial charge in [-0.05, 0) is 80.3 Å². The Kier molecular flexibility index (Phi) is 5.08. The Morgan fingerprint density at radius 1 is 1.05 bits per heavy atom. The molecule has 1 spiro atoms. The molecule has 2 aliphatic heterocycles. The van der Waals surface area contributed by atoms with E-state index in [1.807, 2.05) is 42.5 Å². The number of aromatic nitrogens is 1. The second-order valence-electron chi connectivity index (χ2n) is 13.2. The molecule has 1 aromatic heterocycles. The zero-order valence-corrected chi connectivity index (χ0v) is 23.5. The Morgan fingerprint density at radius 2 is 1.90 bits per heavy atom. The van der Waals surface area contributed by atoms with Gasteiger partial charge in [0.05, 0.1) is 28.1 Å². The number of phenols is 1. The first-order valence-corrected chi connectivity index (χ1v) is 15.4. The second kappa shape index (κ2) is 8.62. The zero-order chi connectivity index (χ0) is 28.2. The fourth-order valence-corrected chi connectivity index (χ4v) is 8.99. The number of benzene rings is 3. The molecule has 3 aromatic carbocycles. The average Bonchev–Trinajstić information content (AvgIpc) is 3.58. The van der Waals surface area contributed by atoms with Crippen molar-refractivity contribution in [2.75, 3.05) is 13.1 Å². The molecule has 7 heteroatoms. The van der Waals surface area contributed by atoms with Gasteiger partial charge >= 0.3 is 0 Å². The molecule has 214 valence electrons. The predicted molar refractivity (Wildman–Crippen MR) is 160 cm³/mol. The number of aromatic amines is 1. The smallest absolute Gasteiger partial charge is 0.253 e. The van der Waals surface area contributed by atoms with Crippen LogP contribution in [0.3, 0.4) is 0 Å². The van der Waals surface area contributed by atoms with E-state index in [0.717, 1.165) is 65.1 Å². The Labute approximate surface area is 244 Å². The molecule has 3 aliphatic carbocycles. The average molecular weight is 562 g/mol. The quantitative estimate of drug-likeness (QED) is 0.278. The predicted octanol–water partition coefficient (Wildman–Crippen LogP) is 4.90. The van der Waals surface area contributed by atoms with E-state index < -0.39 is 17.1 Å². The minimum Gasteiger partial charge on any atom is -0.504 e. The summed E-state index contributed by atoms with van der Waals surface area (Å²) in [6, 6.07) is 21.5. The number of aliphatic hydroxyl groups is 1. The number of para-hydroxylation sites is 1. The minimum atomic E-state index is -0.970. The van der Waals surface area contributed by atoms with Gasteiger partial charge in [-0.1, -0.05) is 48.5 Å². The molecule has 3 heterocycles. The number of rotatable bonds is 5. The van der Waals surface area contributed by atoms with Crippen molar-refractivity contribution in [1.82, 2.24) is 15.2 Å². The maximum absolute atomic E-state index is 14.0. The van der Waals surface area contributed by atoms with E-state index in [9.17, 15) is 15.0 Å². The van der Waals surface area contributed by atoms with Gasteiger partial charge in [-0.25, -0.2) is 0 Å². The number of ether oxygens (including phenoxy) is 1. The lowest BCUT2D eigenvalue weighted by molar-refractivity contribution is -0.191. The monoisotopic (exact) mass is 561 g/mol. The molecule has 4 aromatic rings. The lowest BCUT2D eigenvalue weighted by Crippen LogP contribution is -2.78. The van der Waals surface area contributed by atoms with Crippen molar-refractivity contribution in [2.24, 2.45) is 5.92 Å². The van der Waals surface area contributed by atoms with Gasteiger partial charge in [0.15, 0.2) is 11.5 Å². The van der Waals surface area contributed by atoms with E-state index in [1.165, 1.54) is 12.8 Å². The van der Waals surface area contributed by atoms with E-state index in [4.69, 9.17) is 4.74 Å². The van der Waals surface area contributed by atoms with E-state index in [1.54, 1.807) is 6.07 Å². The third-order valence-corrected chi connectivity index (χ3v) is 11.1. The van der Waals surface area contributed by atoms with Crippen LogP contribution in [0.1, 0.15) is 53.6 Å². The van der Waals surface area contributed by atoms with Crippen LogP contribution in [0.2, 0.25) is 0 Å². The van der Waals surface area contributed by atoms with Gasteiger partial charge < -0.3 is 25.3 Å². The van der Waals surface area contributed by atoms with Crippen molar-refractivity contribution in [3.05, 3.63) is 83.4 Å². The molecule has 1 amide bonds. The fraction of sp³-hybridized carbons (Fsp3) is 0.400. The van der Waals surface area contributed by atoms with Gasteiger partial charge in [-0.3, -0.25) is 9.69 Å². The fourth-order valence-electron chi connectivity index (χ4n) is 8.99. The van der Waals surface area contributed by atoms with E-state index in [0.29, 0.717) is 24.2 Å². The van der Waals surface area contributed by atoms with Gasteiger partial charge in [0.2, 0.25) is 0 Å². The van der Waals surface area contributed by atoms with Crippen LogP contribution in [0.4, 0.5) is 0 Å². The summed E-state index contributed by atoms with van der Waals surface area (Å²) in [5.74, 6) is 1.21. The van der Waals surface area contributed by atoms with Crippen LogP contribution in [-0.4, -0.2) is 62.9 Å². The SMILES string of the molecule is O=C(N[C@@H]1CC[C@@]2(O)[C@H]3Cc4ccc(O)c5c4[C@@]2(CCN3CC2CC2)[C@H]1O5)c1cccc2cc(-c3ccccc3)[nH]c12. The second-order valence-corrected chi connectivity index (χ2v) is 13.2. The molecule has 0 radical (unpaired) electrons. The van der Waals surface area contributed by atoms with Crippen molar-refractivity contribution in [1.29, 1.82) is 0 Å². The van der Waals surface area contributed by atoms with E-state index in [-0.39, 0.29) is 23.7 Å². The minimum absolute atomic E-state index is 0.0154. The highest BCUT2D eigenvalue weighted by Gasteiger charge is 2.73. The first-order chi connectivity index (χ1) is 20.5. The van der Waals surface area contributed by atoms with Gasteiger partial charge in [0.25, 0.3) is 5.91 Å². The van der Waals surface area contributed by atoms with E-state index in [2.05, 4.69) is 33.4 Å². The third-order valence-electron chi connectivity index (χ3n) is 11.1. The molecule has 7 nitrogen and oxygen atoms in total. The Bertz CT molecular complexity index is 1750. The van der Waals surface area contributed by atoms with Crippen LogP contribution >= 0.6 is 0 Å². The lowest BCUT2D eigenvalue weighted by Gasteiger charge is -2.64. The largest absolute Gasteiger partial charge is 0.504 e. The van der Waals surface area contributed by atoms with Crippen molar-refractivity contribution in [3.63, 3.8) is 0 Å². The standard InChI is InChI=1S/C35H35N3O4/c39-27-12-11-22-18-28-35(41)14-13-25(32-34(35,29(22)31(27)42-32)15-16-38(28)19-20-9-10-20)37-33(40)24-8-4-7-23-17-26(36-30(23)24)21-5-2-1-3-6-21/h1-8,11-12,17,20,25,28,32,36,39,41H,9-10,13-16,18-19H2,(H,37,40)/t25-,28-,32+,34+,35-/m1/s1. The van der Waals surface area contributed by atoms with Crippen molar-refractivity contribution >= 4 is 16.8 Å². The number of hydrogen-bond donors (Lipinski definition) is 4. The number of nitrogens with one attached hydrogen (secondary N) is 2. The van der Waals surface area contributed by atoms with Crippen LogP contribution < -0.4 is 10.1 Å². The molecule has 2 saturated carbocycles. The number of piperidine rings is 1. The molecular weight excluding hydrogens is 526 g/mol. The molecule has 1 saturated heterocycles. The van der Waals surface area contributed by atoms with Gasteiger partial charge in [0.1, 0.15) is 6.10 Å². The van der Waals surface area contributed by atoms with Crippen LogP contribution in [0, 0.1) is 5.92 Å². The number of phenolic OH excluding ortho intramolecular Hbond substituents is 1. The maximum Gasteiger partial charge on any atom is 0.253 e. The molecule has 5 atom stereocenters. The first-order valence-electron chi connectivity index (χ1n) is 15.4. The number of H-pyrrole nitrogens is 1. The topological polar surface area (TPSA) is 97.8 Å². The highest BCUT2D eigenvalue weighted by atomic mass is 16.5. The molecular formula is C35H35N3O4. The summed E-state index contributed by atoms with van der Waals surface area (Å²) < 4.78 is 6.65. The highest BCUT2D eigenvalue weighted by Crippen LogP contribution is 2.65. The summed E-state index contributed by atoms with van der Waals surface area (Å²) in [5, 5.41) is 28.0. The number of hydrogen-bond acceptors (Lipinski definition) is 5. The number of fused-ring (bicyclic) bond motifs is 1. The Morgan fingerprint density at radius 3 is 2.74 bits per heavy atom. The van der Waals surface area contributed by atoms with Crippen LogP contribution in [-0.2, 0) is 11.8 Å². The van der Waals surface area contributed by atoms with Gasteiger partial charge in [-0.15, -0.1) is 0 Å². The van der Waals surface area contributed by atoms with Crippen LogP contribution in [0.25, 0.3) is 22.2 Å². The molecule has 4 N–H and O–H groups in total. The molecule has 5 aliphatic rings. The summed E-state index contributed by atoms with van der Waals surface area (Å²) in [6.45, 7) is 1.93. The summed E-state index contributed by atoms with van der Waals surface area (Å²) in [5.41, 5.74) is 3.95. The van der Waals surface area contributed by atoms with Crippen LogP contribution in [0.5, 0.6) is 11.5 Å². The molecule has 9 rings (SSSR count). The number of nitrogens with zero attached hydrogens (tertiary/aromatic N) is 1. The summed E-state index contributed by atoms with van der Waals surface area (Å²) in [7, 11) is 0. The number of likely N-dealkylation sites (tertiary alicyclic amines) is 1. The normalized spacial score (nSPS) is 31.0. The van der Waals surface area contributed by atoms with Crippen molar-refractivity contribution in [3.8, 4) is 22.8 Å². The van der Waals surface area contributed by atoms with Crippen molar-refractivity contribution < 1.29 is 19.7 Å². The zero-order valence-electron chi connectivity index (χ0n) is 23.5. The Balaban J connectivity index is 1.08. The third kappa shape index (κ3) is 3.26. The lowest BCUT2D eigenvalue weighted by atomic mass is 9.48. The first kappa shape index (κ1) is 24.8. The highest BCUT2D eigenvalue weighted by molar-refractivity contribution is 6.07. The van der Waals surface area contributed by atoms with Gasteiger partial charge in [-0.2, -0.15) is 0 Å². The number of amides is 1. The molecule has 2 bridgehead atoms. The number of carbonyl (C=O) groups is 1. The Hall–Kier alpha value is -3.81. The maximum atomic E-state index is 14.0. The van der Waals surface area contributed by atoms with Crippen LogP contribution in [0.15, 0.2) is 66.7 Å².